The number of hydrogen-bond acceptors (Lipinski definition) is 6. The van der Waals surface area contributed by atoms with Gasteiger partial charge in [0.25, 0.3) is 0 Å². The SMILES string of the molecule is COCC[C@H](OC(=O)c1ccc(Cl)cc1)[C@H](O)COC(=O)c1ccc(Cl)cc1. The number of carbonyl (C=O) groups is 2. The summed E-state index contributed by atoms with van der Waals surface area (Å²) in [4.78, 5) is 24.3. The lowest BCUT2D eigenvalue weighted by Crippen LogP contribution is -2.36. The van der Waals surface area contributed by atoms with Crippen LogP contribution in [-0.2, 0) is 14.2 Å². The predicted molar refractivity (Wildman–Crippen MR) is 105 cm³/mol. The van der Waals surface area contributed by atoms with Crippen molar-refractivity contribution in [3.05, 3.63) is 69.7 Å². The summed E-state index contributed by atoms with van der Waals surface area (Å²) in [6.07, 6.45) is -1.90. The third kappa shape index (κ3) is 6.80. The summed E-state index contributed by atoms with van der Waals surface area (Å²) >= 11 is 11.6. The molecule has 0 saturated carbocycles. The molecule has 150 valence electrons. The molecular formula is C20H20Cl2O6. The summed E-state index contributed by atoms with van der Waals surface area (Å²) in [5.41, 5.74) is 0.584. The van der Waals surface area contributed by atoms with Crippen LogP contribution in [0.2, 0.25) is 10.0 Å². The minimum atomic E-state index is -1.22. The number of esters is 2. The van der Waals surface area contributed by atoms with Gasteiger partial charge in [-0.1, -0.05) is 23.2 Å². The molecule has 0 aliphatic carbocycles. The van der Waals surface area contributed by atoms with E-state index in [1.54, 1.807) is 24.3 Å². The molecule has 0 spiro atoms. The first-order chi connectivity index (χ1) is 13.4. The Morgan fingerprint density at radius 2 is 1.43 bits per heavy atom. The first-order valence-electron chi connectivity index (χ1n) is 8.47. The van der Waals surface area contributed by atoms with Crippen molar-refractivity contribution in [1.82, 2.24) is 0 Å². The number of rotatable bonds is 9. The second kappa shape index (κ2) is 11.0. The molecule has 0 aromatic heterocycles. The topological polar surface area (TPSA) is 82.1 Å². The molecular weight excluding hydrogens is 407 g/mol. The average molecular weight is 427 g/mol. The number of aliphatic hydroxyl groups excluding tert-OH is 1. The monoisotopic (exact) mass is 426 g/mol. The van der Waals surface area contributed by atoms with Crippen molar-refractivity contribution in [3.63, 3.8) is 0 Å². The number of hydrogen-bond donors (Lipinski definition) is 1. The van der Waals surface area contributed by atoms with Gasteiger partial charge in [-0.15, -0.1) is 0 Å². The Kier molecular flexibility index (Phi) is 8.73. The fourth-order valence-electron chi connectivity index (χ4n) is 2.29. The molecule has 0 amide bonds. The van der Waals surface area contributed by atoms with Gasteiger partial charge in [0.05, 0.1) is 11.1 Å². The van der Waals surface area contributed by atoms with Crippen LogP contribution in [0.1, 0.15) is 27.1 Å². The fourth-order valence-corrected chi connectivity index (χ4v) is 2.55. The highest BCUT2D eigenvalue weighted by molar-refractivity contribution is 6.30. The van der Waals surface area contributed by atoms with Crippen molar-refractivity contribution in [3.8, 4) is 0 Å². The molecule has 8 heteroatoms. The molecule has 1 N–H and O–H groups in total. The molecule has 28 heavy (non-hydrogen) atoms. The van der Waals surface area contributed by atoms with E-state index in [1.807, 2.05) is 0 Å². The van der Waals surface area contributed by atoms with Gasteiger partial charge in [-0.25, -0.2) is 9.59 Å². The molecule has 0 unspecified atom stereocenters. The minimum absolute atomic E-state index is 0.232. The molecule has 0 aliphatic heterocycles. The number of halogens is 2. The molecule has 2 rings (SSSR count). The van der Waals surface area contributed by atoms with E-state index in [0.717, 1.165) is 0 Å². The third-order valence-electron chi connectivity index (χ3n) is 3.84. The van der Waals surface area contributed by atoms with Gasteiger partial charge >= 0.3 is 11.9 Å². The lowest BCUT2D eigenvalue weighted by atomic mass is 10.1. The van der Waals surface area contributed by atoms with Crippen LogP contribution < -0.4 is 0 Å². The number of methoxy groups -OCH3 is 1. The van der Waals surface area contributed by atoms with Crippen molar-refractivity contribution in [2.45, 2.75) is 18.6 Å². The maximum Gasteiger partial charge on any atom is 0.338 e. The Balaban J connectivity index is 1.96. The minimum Gasteiger partial charge on any atom is -0.459 e. The highest BCUT2D eigenvalue weighted by Crippen LogP contribution is 2.15. The number of benzene rings is 2. The van der Waals surface area contributed by atoms with Crippen LogP contribution >= 0.6 is 23.2 Å². The molecule has 0 bridgehead atoms. The fraction of sp³-hybridized carbons (Fsp3) is 0.300. The van der Waals surface area contributed by atoms with Crippen molar-refractivity contribution in [2.75, 3.05) is 20.3 Å². The van der Waals surface area contributed by atoms with E-state index in [0.29, 0.717) is 15.6 Å². The van der Waals surface area contributed by atoms with Gasteiger partial charge in [0.1, 0.15) is 18.8 Å². The second-order valence-corrected chi connectivity index (χ2v) is 6.78. The molecule has 2 aromatic rings. The van der Waals surface area contributed by atoms with Crippen LogP contribution in [0.5, 0.6) is 0 Å². The van der Waals surface area contributed by atoms with Gasteiger partial charge < -0.3 is 19.3 Å². The summed E-state index contributed by atoms with van der Waals surface area (Å²) < 4.78 is 15.5. The summed E-state index contributed by atoms with van der Waals surface area (Å²) in [6.45, 7) is -0.0928. The van der Waals surface area contributed by atoms with E-state index in [9.17, 15) is 14.7 Å². The zero-order chi connectivity index (χ0) is 20.5. The highest BCUT2D eigenvalue weighted by Gasteiger charge is 2.25. The van der Waals surface area contributed by atoms with E-state index >= 15 is 0 Å². The standard InChI is InChI=1S/C20H20Cl2O6/c1-26-11-10-18(28-20(25)14-4-8-16(22)9-5-14)17(23)12-27-19(24)13-2-6-15(21)7-3-13/h2-9,17-18,23H,10-12H2,1H3/t17-,18+/m1/s1. The molecule has 0 radical (unpaired) electrons. The number of aliphatic hydroxyl groups is 1. The van der Waals surface area contributed by atoms with E-state index < -0.39 is 24.1 Å². The maximum absolute atomic E-state index is 12.3. The van der Waals surface area contributed by atoms with Crippen LogP contribution in [0.3, 0.4) is 0 Å². The van der Waals surface area contributed by atoms with E-state index in [-0.39, 0.29) is 25.2 Å². The zero-order valence-corrected chi connectivity index (χ0v) is 16.7. The Morgan fingerprint density at radius 1 is 0.929 bits per heavy atom. The lowest BCUT2D eigenvalue weighted by molar-refractivity contribution is -0.0520. The quantitative estimate of drug-likeness (QED) is 0.614. The first kappa shape index (κ1) is 22.2. The van der Waals surface area contributed by atoms with Crippen molar-refractivity contribution < 1.29 is 28.9 Å². The van der Waals surface area contributed by atoms with Crippen molar-refractivity contribution in [2.24, 2.45) is 0 Å². The molecule has 2 atom stereocenters. The van der Waals surface area contributed by atoms with E-state index in [2.05, 4.69) is 0 Å². The van der Waals surface area contributed by atoms with E-state index in [4.69, 9.17) is 37.4 Å². The van der Waals surface area contributed by atoms with Crippen molar-refractivity contribution in [1.29, 1.82) is 0 Å². The second-order valence-electron chi connectivity index (χ2n) is 5.90. The first-order valence-corrected chi connectivity index (χ1v) is 9.22. The van der Waals surface area contributed by atoms with Crippen LogP contribution in [-0.4, -0.2) is 49.6 Å². The lowest BCUT2D eigenvalue weighted by Gasteiger charge is -2.23. The number of ether oxygens (including phenoxy) is 3. The van der Waals surface area contributed by atoms with Gasteiger partial charge in [0.15, 0.2) is 0 Å². The summed E-state index contributed by atoms with van der Waals surface area (Å²) in [6, 6.07) is 12.3. The third-order valence-corrected chi connectivity index (χ3v) is 4.34. The smallest absolute Gasteiger partial charge is 0.338 e. The Morgan fingerprint density at radius 3 is 1.93 bits per heavy atom. The molecule has 0 saturated heterocycles. The summed E-state index contributed by atoms with van der Waals surface area (Å²) in [5.74, 6) is -1.24. The van der Waals surface area contributed by atoms with Crippen LogP contribution in [0.25, 0.3) is 0 Å². The van der Waals surface area contributed by atoms with Crippen LogP contribution in [0.15, 0.2) is 48.5 Å². The number of carbonyl (C=O) groups excluding carboxylic acids is 2. The van der Waals surface area contributed by atoms with Gasteiger partial charge in [-0.2, -0.15) is 0 Å². The molecule has 2 aromatic carbocycles. The highest BCUT2D eigenvalue weighted by atomic mass is 35.5. The Hall–Kier alpha value is -2.12. The van der Waals surface area contributed by atoms with Gasteiger partial charge in [-0.05, 0) is 48.5 Å². The average Bonchev–Trinajstić information content (AvgIpc) is 2.69. The summed E-state index contributed by atoms with van der Waals surface area (Å²) in [5, 5.41) is 11.3. The normalized spacial score (nSPS) is 12.9. The molecule has 0 heterocycles. The van der Waals surface area contributed by atoms with Gasteiger partial charge in [0, 0.05) is 30.2 Å². The largest absolute Gasteiger partial charge is 0.459 e. The predicted octanol–water partition coefficient (Wildman–Crippen LogP) is 3.77. The van der Waals surface area contributed by atoms with Gasteiger partial charge in [-0.3, -0.25) is 0 Å². The molecule has 6 nitrogen and oxygen atoms in total. The van der Waals surface area contributed by atoms with Crippen LogP contribution in [0.4, 0.5) is 0 Å². The maximum atomic E-state index is 12.3. The Bertz CT molecular complexity index is 776. The molecule has 0 fully saturated rings. The Labute approximate surface area is 172 Å². The zero-order valence-electron chi connectivity index (χ0n) is 15.1. The molecule has 0 aliphatic rings. The summed E-state index contributed by atoms with van der Waals surface area (Å²) in [7, 11) is 1.49. The van der Waals surface area contributed by atoms with Gasteiger partial charge in [0.2, 0.25) is 0 Å². The van der Waals surface area contributed by atoms with E-state index in [1.165, 1.54) is 31.4 Å². The van der Waals surface area contributed by atoms with Crippen LogP contribution in [0, 0.1) is 0 Å². The van der Waals surface area contributed by atoms with Crippen molar-refractivity contribution >= 4 is 35.1 Å².